The van der Waals surface area contributed by atoms with E-state index in [4.69, 9.17) is 16.3 Å². The van der Waals surface area contributed by atoms with E-state index in [-0.39, 0.29) is 0 Å². The Morgan fingerprint density at radius 3 is 2.59 bits per heavy atom. The molecular formula is C12H16ClNO3. The number of hydrogen-bond acceptors (Lipinski definition) is 3. The van der Waals surface area contributed by atoms with Crippen molar-refractivity contribution in [3.05, 3.63) is 22.7 Å². The van der Waals surface area contributed by atoms with Gasteiger partial charge in [-0.25, -0.2) is 0 Å². The molecule has 0 saturated heterocycles. The van der Waals surface area contributed by atoms with E-state index in [9.17, 15) is 9.90 Å². The minimum absolute atomic E-state index is 0.412. The zero-order valence-electron chi connectivity index (χ0n) is 10.3. The second-order valence-corrected chi connectivity index (χ2v) is 4.28. The first-order chi connectivity index (χ1) is 7.88. The summed E-state index contributed by atoms with van der Waals surface area (Å²) in [5, 5.41) is 9.81. The summed E-state index contributed by atoms with van der Waals surface area (Å²) in [6.45, 7) is 3.26. The van der Waals surface area contributed by atoms with E-state index >= 15 is 0 Å². The molecule has 0 aromatic heterocycles. The van der Waals surface area contributed by atoms with Gasteiger partial charge in [0.1, 0.15) is 11.9 Å². The first kappa shape index (κ1) is 13.8. The predicted molar refractivity (Wildman–Crippen MR) is 67.8 cm³/mol. The molecule has 1 unspecified atom stereocenters. The van der Waals surface area contributed by atoms with Crippen LogP contribution in [0.1, 0.15) is 12.5 Å². The van der Waals surface area contributed by atoms with Crippen molar-refractivity contribution in [1.29, 1.82) is 0 Å². The van der Waals surface area contributed by atoms with Crippen LogP contribution in [0.25, 0.3) is 0 Å². The quantitative estimate of drug-likeness (QED) is 0.901. The van der Waals surface area contributed by atoms with E-state index in [2.05, 4.69) is 0 Å². The van der Waals surface area contributed by atoms with Crippen molar-refractivity contribution in [2.24, 2.45) is 0 Å². The Kier molecular flexibility index (Phi) is 4.37. The van der Waals surface area contributed by atoms with E-state index < -0.39 is 12.0 Å². The van der Waals surface area contributed by atoms with Crippen molar-refractivity contribution in [1.82, 2.24) is 0 Å². The number of nitrogens with zero attached hydrogens (tertiary/aromatic N) is 1. The smallest absolute Gasteiger partial charge is 0.255 e. The fraction of sp³-hybridized carbons (Fsp3) is 0.417. The number of aryl methyl sites for hydroxylation is 1. The molecule has 0 aliphatic carbocycles. The highest BCUT2D eigenvalue weighted by molar-refractivity contribution is 6.31. The number of aliphatic hydroxyl groups is 1. The standard InChI is InChI=1S/C12H16ClNO3/c1-7-5-9(13)6-10(11(7)17-4)14(3)12(16)8(2)15/h5-6,8,15H,1-4H3. The van der Waals surface area contributed by atoms with Gasteiger partial charge < -0.3 is 14.7 Å². The molecule has 0 fully saturated rings. The van der Waals surface area contributed by atoms with Crippen molar-refractivity contribution in [3.63, 3.8) is 0 Å². The molecule has 1 atom stereocenters. The Morgan fingerprint density at radius 1 is 1.53 bits per heavy atom. The van der Waals surface area contributed by atoms with Crippen LogP contribution in [0.15, 0.2) is 12.1 Å². The van der Waals surface area contributed by atoms with Crippen LogP contribution in [0.4, 0.5) is 5.69 Å². The summed E-state index contributed by atoms with van der Waals surface area (Å²) in [5.41, 5.74) is 1.38. The minimum Gasteiger partial charge on any atom is -0.494 e. The number of amides is 1. The molecule has 0 bridgehead atoms. The van der Waals surface area contributed by atoms with Crippen molar-refractivity contribution in [3.8, 4) is 5.75 Å². The van der Waals surface area contributed by atoms with Crippen molar-refractivity contribution < 1.29 is 14.6 Å². The lowest BCUT2D eigenvalue weighted by Gasteiger charge is -2.22. The van der Waals surface area contributed by atoms with E-state index in [1.165, 1.54) is 18.9 Å². The highest BCUT2D eigenvalue weighted by atomic mass is 35.5. The van der Waals surface area contributed by atoms with E-state index in [0.29, 0.717) is 16.5 Å². The summed E-state index contributed by atoms with van der Waals surface area (Å²) >= 11 is 5.95. The molecule has 0 aliphatic heterocycles. The third-order valence-corrected chi connectivity index (χ3v) is 2.69. The number of benzene rings is 1. The number of ether oxygens (including phenoxy) is 1. The summed E-state index contributed by atoms with van der Waals surface area (Å²) in [5.74, 6) is 0.163. The highest BCUT2D eigenvalue weighted by Crippen LogP contribution is 2.34. The van der Waals surface area contributed by atoms with Crippen LogP contribution in [-0.2, 0) is 4.79 Å². The second-order valence-electron chi connectivity index (χ2n) is 3.85. The summed E-state index contributed by atoms with van der Waals surface area (Å²) in [4.78, 5) is 13.0. The highest BCUT2D eigenvalue weighted by Gasteiger charge is 2.20. The van der Waals surface area contributed by atoms with Gasteiger partial charge in [0.15, 0.2) is 0 Å². The lowest BCUT2D eigenvalue weighted by molar-refractivity contribution is -0.125. The lowest BCUT2D eigenvalue weighted by atomic mass is 10.1. The van der Waals surface area contributed by atoms with E-state index in [1.54, 1.807) is 19.2 Å². The molecule has 0 aliphatic rings. The topological polar surface area (TPSA) is 49.8 Å². The average Bonchev–Trinajstić information content (AvgIpc) is 2.25. The summed E-state index contributed by atoms with van der Waals surface area (Å²) in [6.07, 6.45) is -1.07. The first-order valence-corrected chi connectivity index (χ1v) is 5.56. The molecule has 0 saturated carbocycles. The number of methoxy groups -OCH3 is 1. The van der Waals surface area contributed by atoms with Gasteiger partial charge in [-0.3, -0.25) is 4.79 Å². The van der Waals surface area contributed by atoms with Gasteiger partial charge in [-0.05, 0) is 31.5 Å². The Balaban J connectivity index is 3.25. The maximum absolute atomic E-state index is 11.7. The Morgan fingerprint density at radius 2 is 2.12 bits per heavy atom. The molecule has 5 heteroatoms. The normalized spacial score (nSPS) is 12.1. The summed E-state index contributed by atoms with van der Waals surface area (Å²) in [7, 11) is 3.10. The maximum Gasteiger partial charge on any atom is 0.255 e. The molecule has 0 heterocycles. The van der Waals surface area contributed by atoms with Gasteiger partial charge in [-0.15, -0.1) is 0 Å². The SMILES string of the molecule is COc1c(C)cc(Cl)cc1N(C)C(=O)C(C)O. The zero-order valence-corrected chi connectivity index (χ0v) is 11.1. The Labute approximate surface area is 106 Å². The molecule has 0 radical (unpaired) electrons. The number of carbonyl (C=O) groups excluding carboxylic acids is 1. The molecule has 1 N–H and O–H groups in total. The van der Waals surface area contributed by atoms with Gasteiger partial charge >= 0.3 is 0 Å². The average molecular weight is 258 g/mol. The van der Waals surface area contributed by atoms with Crippen LogP contribution < -0.4 is 9.64 Å². The molecule has 1 aromatic rings. The largest absolute Gasteiger partial charge is 0.494 e. The van der Waals surface area contributed by atoms with E-state index in [1.807, 2.05) is 6.92 Å². The summed E-state index contributed by atoms with van der Waals surface area (Å²) in [6, 6.07) is 3.39. The molecule has 1 rings (SSSR count). The predicted octanol–water partition coefficient (Wildman–Crippen LogP) is 2.00. The number of rotatable bonds is 3. The lowest BCUT2D eigenvalue weighted by Crippen LogP contribution is -2.34. The second kappa shape index (κ2) is 5.38. The number of carbonyl (C=O) groups is 1. The molecule has 17 heavy (non-hydrogen) atoms. The molecule has 4 nitrogen and oxygen atoms in total. The summed E-state index contributed by atoms with van der Waals surface area (Å²) < 4.78 is 5.25. The molecular weight excluding hydrogens is 242 g/mol. The first-order valence-electron chi connectivity index (χ1n) is 5.18. The van der Waals surface area contributed by atoms with Gasteiger partial charge in [0.25, 0.3) is 5.91 Å². The molecule has 1 amide bonds. The van der Waals surface area contributed by atoms with Crippen LogP contribution in [0, 0.1) is 6.92 Å². The van der Waals surface area contributed by atoms with Crippen molar-refractivity contribution >= 4 is 23.2 Å². The Hall–Kier alpha value is -1.26. The minimum atomic E-state index is -1.07. The van der Waals surface area contributed by atoms with Crippen LogP contribution in [-0.4, -0.2) is 31.3 Å². The molecule has 0 spiro atoms. The van der Waals surface area contributed by atoms with Gasteiger partial charge in [-0.1, -0.05) is 11.6 Å². The maximum atomic E-state index is 11.7. The number of hydrogen-bond donors (Lipinski definition) is 1. The van der Waals surface area contributed by atoms with Gasteiger partial charge in [0, 0.05) is 12.1 Å². The third-order valence-electron chi connectivity index (χ3n) is 2.47. The Bertz CT molecular complexity index is 432. The van der Waals surface area contributed by atoms with Crippen LogP contribution in [0.3, 0.4) is 0 Å². The van der Waals surface area contributed by atoms with E-state index in [0.717, 1.165) is 5.56 Å². The zero-order chi connectivity index (χ0) is 13.2. The van der Waals surface area contributed by atoms with Crippen LogP contribution in [0.2, 0.25) is 5.02 Å². The fourth-order valence-electron chi connectivity index (χ4n) is 1.63. The van der Waals surface area contributed by atoms with Gasteiger partial charge in [-0.2, -0.15) is 0 Å². The fourth-order valence-corrected chi connectivity index (χ4v) is 1.89. The van der Waals surface area contributed by atoms with Crippen molar-refractivity contribution in [2.75, 3.05) is 19.1 Å². The number of likely N-dealkylation sites (N-methyl/N-ethyl adjacent to an activating group) is 1. The van der Waals surface area contributed by atoms with Gasteiger partial charge in [0.2, 0.25) is 0 Å². The number of halogens is 1. The molecule has 94 valence electrons. The van der Waals surface area contributed by atoms with Crippen LogP contribution in [0.5, 0.6) is 5.75 Å². The van der Waals surface area contributed by atoms with Crippen LogP contribution >= 0.6 is 11.6 Å². The van der Waals surface area contributed by atoms with Gasteiger partial charge in [0.05, 0.1) is 12.8 Å². The monoisotopic (exact) mass is 257 g/mol. The number of anilines is 1. The number of aliphatic hydroxyl groups excluding tert-OH is 1. The van der Waals surface area contributed by atoms with Crippen molar-refractivity contribution in [2.45, 2.75) is 20.0 Å². The molecule has 1 aromatic carbocycles. The third kappa shape index (κ3) is 2.90.